The third-order valence-electron chi connectivity index (χ3n) is 2.62. The van der Waals surface area contributed by atoms with Crippen LogP contribution in [0.3, 0.4) is 0 Å². The number of carbonyl (C=O) groups is 1. The molecule has 3 N–H and O–H groups in total. The van der Waals surface area contributed by atoms with Gasteiger partial charge in [0.25, 0.3) is 0 Å². The van der Waals surface area contributed by atoms with Gasteiger partial charge in [0.1, 0.15) is 17.7 Å². The molecule has 6 nitrogen and oxygen atoms in total. The molecule has 80 valence electrons. The summed E-state index contributed by atoms with van der Waals surface area (Å²) in [6, 6.07) is 1.74. The average Bonchev–Trinajstić information content (AvgIpc) is 2.64. The molecular formula is C9H12N4O2. The molecule has 1 unspecified atom stereocenters. The molecule has 0 spiro atoms. The molecule has 0 saturated carbocycles. The number of anilines is 1. The lowest BCUT2D eigenvalue weighted by Crippen LogP contribution is -2.50. The normalized spacial score (nSPS) is 25.5. The summed E-state index contributed by atoms with van der Waals surface area (Å²) in [6.07, 6.45) is 3.50. The Bertz CT molecular complexity index is 370. The minimum absolute atomic E-state index is 0.291. The van der Waals surface area contributed by atoms with Gasteiger partial charge in [0.2, 0.25) is 0 Å². The Morgan fingerprint density at radius 3 is 3.00 bits per heavy atom. The van der Waals surface area contributed by atoms with E-state index in [2.05, 4.69) is 9.97 Å². The van der Waals surface area contributed by atoms with Gasteiger partial charge in [-0.25, -0.2) is 9.97 Å². The van der Waals surface area contributed by atoms with Crippen LogP contribution < -0.4 is 10.6 Å². The maximum absolute atomic E-state index is 10.9. The predicted molar refractivity (Wildman–Crippen MR) is 53.4 cm³/mol. The molecule has 0 bridgehead atoms. The van der Waals surface area contributed by atoms with E-state index in [0.717, 1.165) is 5.82 Å². The van der Waals surface area contributed by atoms with Gasteiger partial charge in [0, 0.05) is 19.3 Å². The predicted octanol–water partition coefficient (Wildman–Crippen LogP) is -0.531. The molecule has 1 aromatic heterocycles. The fourth-order valence-corrected chi connectivity index (χ4v) is 1.67. The van der Waals surface area contributed by atoms with E-state index in [1.54, 1.807) is 12.3 Å². The third kappa shape index (κ3) is 1.75. The minimum atomic E-state index is -1.15. The molecule has 2 heterocycles. The van der Waals surface area contributed by atoms with Gasteiger partial charge in [-0.1, -0.05) is 0 Å². The van der Waals surface area contributed by atoms with Crippen LogP contribution >= 0.6 is 0 Å². The van der Waals surface area contributed by atoms with Crippen molar-refractivity contribution in [3.8, 4) is 0 Å². The van der Waals surface area contributed by atoms with E-state index in [1.165, 1.54) is 6.33 Å². The van der Waals surface area contributed by atoms with Crippen LogP contribution in [0.25, 0.3) is 0 Å². The fraction of sp³-hybridized carbons (Fsp3) is 0.444. The number of hydrogen-bond acceptors (Lipinski definition) is 5. The molecule has 1 fully saturated rings. The Kier molecular flexibility index (Phi) is 2.28. The van der Waals surface area contributed by atoms with Crippen LogP contribution in [0, 0.1) is 0 Å². The first kappa shape index (κ1) is 9.85. The number of rotatable bonds is 2. The number of aliphatic carboxylic acids is 1. The summed E-state index contributed by atoms with van der Waals surface area (Å²) in [5.41, 5.74) is 4.60. The topological polar surface area (TPSA) is 92.3 Å². The number of nitrogens with zero attached hydrogens (tertiary/aromatic N) is 3. The van der Waals surface area contributed by atoms with E-state index < -0.39 is 11.5 Å². The van der Waals surface area contributed by atoms with E-state index in [9.17, 15) is 4.79 Å². The second-order valence-corrected chi connectivity index (χ2v) is 3.70. The number of nitrogens with two attached hydrogens (primary N) is 1. The van der Waals surface area contributed by atoms with Crippen LogP contribution in [0.4, 0.5) is 5.82 Å². The van der Waals surface area contributed by atoms with Crippen LogP contribution in [0.1, 0.15) is 6.42 Å². The van der Waals surface area contributed by atoms with E-state index >= 15 is 0 Å². The SMILES string of the molecule is NC1(C(=O)O)CCN(c2ccncn2)C1. The molecule has 1 aliphatic heterocycles. The van der Waals surface area contributed by atoms with Gasteiger partial charge in [-0.3, -0.25) is 4.79 Å². The summed E-state index contributed by atoms with van der Waals surface area (Å²) in [7, 11) is 0. The molecule has 0 aliphatic carbocycles. The lowest BCUT2D eigenvalue weighted by Gasteiger charge is -2.20. The minimum Gasteiger partial charge on any atom is -0.480 e. The number of aromatic nitrogens is 2. The Morgan fingerprint density at radius 1 is 1.67 bits per heavy atom. The zero-order valence-corrected chi connectivity index (χ0v) is 8.13. The average molecular weight is 208 g/mol. The highest BCUT2D eigenvalue weighted by Crippen LogP contribution is 2.23. The zero-order valence-electron chi connectivity index (χ0n) is 8.13. The molecule has 2 rings (SSSR count). The Balaban J connectivity index is 2.14. The summed E-state index contributed by atoms with van der Waals surface area (Å²) in [6.45, 7) is 0.902. The molecule has 0 radical (unpaired) electrons. The highest BCUT2D eigenvalue weighted by molar-refractivity contribution is 5.80. The van der Waals surface area contributed by atoms with Crippen molar-refractivity contribution in [2.75, 3.05) is 18.0 Å². The van der Waals surface area contributed by atoms with Gasteiger partial charge in [-0.05, 0) is 12.5 Å². The van der Waals surface area contributed by atoms with Crippen LogP contribution in [-0.2, 0) is 4.79 Å². The van der Waals surface area contributed by atoms with Crippen molar-refractivity contribution in [1.29, 1.82) is 0 Å². The molecule has 1 aromatic rings. The first-order chi connectivity index (χ1) is 7.12. The maximum atomic E-state index is 10.9. The van der Waals surface area contributed by atoms with Crippen molar-refractivity contribution in [3.05, 3.63) is 18.6 Å². The summed E-state index contributed by atoms with van der Waals surface area (Å²) in [5.74, 6) is -0.238. The van der Waals surface area contributed by atoms with Crippen molar-refractivity contribution in [3.63, 3.8) is 0 Å². The number of carboxylic acids is 1. The van der Waals surface area contributed by atoms with Crippen molar-refractivity contribution >= 4 is 11.8 Å². The highest BCUT2D eigenvalue weighted by atomic mass is 16.4. The number of carboxylic acid groups (broad SMARTS) is 1. The van der Waals surface area contributed by atoms with Crippen LogP contribution in [0.5, 0.6) is 0 Å². The molecule has 0 aromatic carbocycles. The van der Waals surface area contributed by atoms with Crippen molar-refractivity contribution < 1.29 is 9.90 Å². The van der Waals surface area contributed by atoms with E-state index in [-0.39, 0.29) is 0 Å². The molecule has 0 amide bonds. The van der Waals surface area contributed by atoms with Gasteiger partial charge in [0.15, 0.2) is 0 Å². The van der Waals surface area contributed by atoms with Gasteiger partial charge in [-0.15, -0.1) is 0 Å². The molecule has 1 aliphatic rings. The Morgan fingerprint density at radius 2 is 2.47 bits per heavy atom. The summed E-state index contributed by atoms with van der Waals surface area (Å²) in [5, 5.41) is 8.95. The van der Waals surface area contributed by atoms with E-state index in [1.807, 2.05) is 4.90 Å². The van der Waals surface area contributed by atoms with Crippen molar-refractivity contribution in [2.24, 2.45) is 5.73 Å². The van der Waals surface area contributed by atoms with E-state index in [0.29, 0.717) is 19.5 Å². The summed E-state index contributed by atoms with van der Waals surface area (Å²) >= 11 is 0. The van der Waals surface area contributed by atoms with Gasteiger partial charge in [-0.2, -0.15) is 0 Å². The quantitative estimate of drug-likeness (QED) is 0.678. The van der Waals surface area contributed by atoms with Crippen LogP contribution in [0.2, 0.25) is 0 Å². The summed E-state index contributed by atoms with van der Waals surface area (Å²) in [4.78, 5) is 20.6. The largest absolute Gasteiger partial charge is 0.480 e. The third-order valence-corrected chi connectivity index (χ3v) is 2.62. The van der Waals surface area contributed by atoms with E-state index in [4.69, 9.17) is 10.8 Å². The van der Waals surface area contributed by atoms with Crippen LogP contribution in [-0.4, -0.2) is 39.7 Å². The second-order valence-electron chi connectivity index (χ2n) is 3.70. The second kappa shape index (κ2) is 3.47. The van der Waals surface area contributed by atoms with Crippen molar-refractivity contribution in [2.45, 2.75) is 12.0 Å². The molecule has 15 heavy (non-hydrogen) atoms. The highest BCUT2D eigenvalue weighted by Gasteiger charge is 2.41. The smallest absolute Gasteiger partial charge is 0.325 e. The Labute approximate surface area is 86.7 Å². The zero-order chi connectivity index (χ0) is 10.9. The monoisotopic (exact) mass is 208 g/mol. The standard InChI is InChI=1S/C9H12N4O2/c10-9(8(14)15)2-4-13(5-9)7-1-3-11-6-12-7/h1,3,6H,2,4-5,10H2,(H,14,15). The first-order valence-electron chi connectivity index (χ1n) is 4.65. The van der Waals surface area contributed by atoms with Gasteiger partial charge < -0.3 is 15.7 Å². The molecule has 6 heteroatoms. The first-order valence-corrected chi connectivity index (χ1v) is 4.65. The van der Waals surface area contributed by atoms with Crippen molar-refractivity contribution in [1.82, 2.24) is 9.97 Å². The van der Waals surface area contributed by atoms with Gasteiger partial charge in [0.05, 0.1) is 0 Å². The fourth-order valence-electron chi connectivity index (χ4n) is 1.67. The van der Waals surface area contributed by atoms with Crippen LogP contribution in [0.15, 0.2) is 18.6 Å². The van der Waals surface area contributed by atoms with Gasteiger partial charge >= 0.3 is 5.97 Å². The Hall–Kier alpha value is -1.69. The lowest BCUT2D eigenvalue weighted by atomic mass is 10.0. The number of hydrogen-bond donors (Lipinski definition) is 2. The molecule has 1 atom stereocenters. The summed E-state index contributed by atoms with van der Waals surface area (Å²) < 4.78 is 0. The lowest BCUT2D eigenvalue weighted by molar-refractivity contribution is -0.142. The molecular weight excluding hydrogens is 196 g/mol. The maximum Gasteiger partial charge on any atom is 0.325 e. The molecule has 1 saturated heterocycles.